The van der Waals surface area contributed by atoms with Crippen LogP contribution in [0.3, 0.4) is 0 Å². The summed E-state index contributed by atoms with van der Waals surface area (Å²) in [6.07, 6.45) is 2.64. The van der Waals surface area contributed by atoms with Crippen molar-refractivity contribution in [2.75, 3.05) is 0 Å². The summed E-state index contributed by atoms with van der Waals surface area (Å²) in [4.78, 5) is 20.1. The molecular weight excluding hydrogens is 328 g/mol. The van der Waals surface area contributed by atoms with Crippen LogP contribution in [0.4, 0.5) is 0 Å². The smallest absolute Gasteiger partial charge is 0.545 e. The summed E-state index contributed by atoms with van der Waals surface area (Å²) < 4.78 is 30.1. The number of benzene rings is 1. The maximum absolute atomic E-state index is 10.7. The molecule has 9 heteroatoms. The van der Waals surface area contributed by atoms with Crippen molar-refractivity contribution in [2.24, 2.45) is 0 Å². The molecule has 0 saturated heterocycles. The zero-order chi connectivity index (χ0) is 15.9. The van der Waals surface area contributed by atoms with Crippen molar-refractivity contribution in [1.29, 1.82) is 0 Å². The first-order chi connectivity index (χ1) is 9.13. The third-order valence-electron chi connectivity index (χ3n) is 2.18. The average molecular weight is 342 g/mol. The van der Waals surface area contributed by atoms with Gasteiger partial charge in [-0.05, 0) is 29.3 Å². The normalized spacial score (nSPS) is 9.86. The van der Waals surface area contributed by atoms with Crippen LogP contribution in [-0.4, -0.2) is 62.6 Å². The molecule has 0 aliphatic carbocycles. The van der Waals surface area contributed by atoms with Crippen LogP contribution in [0.15, 0.2) is 23.1 Å². The number of carbonyl (C=O) groups is 2. The molecule has 0 atom stereocenters. The van der Waals surface area contributed by atoms with Gasteiger partial charge < -0.3 is 19.8 Å². The van der Waals surface area contributed by atoms with Gasteiger partial charge in [-0.2, -0.15) is 8.42 Å². The summed E-state index contributed by atoms with van der Waals surface area (Å²) >= 11 is 0. The summed E-state index contributed by atoms with van der Waals surface area (Å²) in [5.41, 5.74) is -1.37. The fraction of sp³-hybridized carbons (Fsp3) is 0.333. The third kappa shape index (κ3) is 8.37. The largest absolute Gasteiger partial charge is 2.00 e. The quantitative estimate of drug-likeness (QED) is 0.552. The number of carbonyl (C=O) groups excluding carboxylic acids is 2. The second-order valence-electron chi connectivity index (χ2n) is 3.80. The molecule has 112 valence electrons. The third-order valence-corrected chi connectivity index (χ3v) is 3.01. The van der Waals surface area contributed by atoms with Crippen LogP contribution >= 0.6 is 0 Å². The van der Waals surface area contributed by atoms with Gasteiger partial charge in [0.1, 0.15) is 0 Å². The molecule has 7 nitrogen and oxygen atoms in total. The Morgan fingerprint density at radius 3 is 1.52 bits per heavy atom. The Bertz CT molecular complexity index is 561. The molecule has 1 rings (SSSR count). The number of hydrogen-bond donors (Lipinski definition) is 1. The van der Waals surface area contributed by atoms with E-state index in [0.29, 0.717) is 18.2 Å². The minimum atomic E-state index is -4.70. The molecule has 0 aromatic heterocycles. The molecule has 0 radical (unpaired) electrons. The second kappa shape index (κ2) is 10.1. The minimum Gasteiger partial charge on any atom is -0.545 e. The molecule has 0 fully saturated rings. The van der Waals surface area contributed by atoms with E-state index in [1.54, 1.807) is 0 Å². The van der Waals surface area contributed by atoms with Gasteiger partial charge in [0.15, 0.2) is 0 Å². The zero-order valence-corrected chi connectivity index (χ0v) is 14.7. The van der Waals surface area contributed by atoms with Gasteiger partial charge in [0.05, 0.1) is 16.8 Å². The number of carboxylic acid groups (broad SMARTS) is 2. The molecule has 0 heterocycles. The van der Waals surface area contributed by atoms with Gasteiger partial charge in [0, 0.05) is 0 Å². The average Bonchev–Trinajstić information content (AvgIpc) is 2.37. The van der Waals surface area contributed by atoms with Crippen LogP contribution in [0.2, 0.25) is 0 Å². The molecule has 0 unspecified atom stereocenters. The molecule has 0 aliphatic rings. The number of unbranched alkanes of at least 4 members (excludes halogenated alkanes) is 1. The monoisotopic (exact) mass is 342 g/mol. The van der Waals surface area contributed by atoms with Gasteiger partial charge in [-0.3, -0.25) is 4.55 Å². The van der Waals surface area contributed by atoms with Gasteiger partial charge in [-0.25, -0.2) is 0 Å². The molecule has 1 N–H and O–H groups in total. The van der Waals surface area contributed by atoms with E-state index in [-0.39, 0.29) is 37.7 Å². The van der Waals surface area contributed by atoms with Gasteiger partial charge in [0.2, 0.25) is 0 Å². The molecule has 0 aliphatic heterocycles. The van der Waals surface area contributed by atoms with E-state index in [2.05, 4.69) is 13.8 Å². The van der Waals surface area contributed by atoms with Crippen LogP contribution < -0.4 is 10.2 Å². The minimum absolute atomic E-state index is 0. The first kappa shape index (κ1) is 22.6. The number of carboxylic acids is 2. The second-order valence-corrected chi connectivity index (χ2v) is 5.22. The van der Waals surface area contributed by atoms with Crippen LogP contribution in [0, 0.1) is 0 Å². The van der Waals surface area contributed by atoms with Gasteiger partial charge in [-0.15, -0.1) is 0 Å². The topological polar surface area (TPSA) is 135 Å². The Labute approximate surface area is 152 Å². The van der Waals surface area contributed by atoms with E-state index in [1.807, 2.05) is 0 Å². The zero-order valence-electron chi connectivity index (χ0n) is 11.7. The maximum atomic E-state index is 10.7. The summed E-state index contributed by atoms with van der Waals surface area (Å²) in [5, 5.41) is 20.9. The van der Waals surface area contributed by atoms with Crippen LogP contribution in [0.5, 0.6) is 0 Å². The van der Waals surface area contributed by atoms with E-state index < -0.39 is 38.1 Å². The fourth-order valence-corrected chi connectivity index (χ4v) is 1.54. The van der Waals surface area contributed by atoms with Crippen molar-refractivity contribution in [3.8, 4) is 0 Å². The molecule has 0 amide bonds. The SMILES string of the molecule is CCCC.O=C([O-])c1cc(C(=O)[O-])cc(S(=O)(=O)O)c1.[Ca+2]. The predicted molar refractivity (Wildman–Crippen MR) is 71.3 cm³/mol. The van der Waals surface area contributed by atoms with E-state index in [9.17, 15) is 28.2 Å². The Kier molecular flexibility index (Phi) is 10.9. The van der Waals surface area contributed by atoms with Crippen molar-refractivity contribution in [2.45, 2.75) is 31.6 Å². The molecule has 0 spiro atoms. The number of hydrogen-bond acceptors (Lipinski definition) is 6. The molecule has 0 saturated carbocycles. The standard InChI is InChI=1S/C8H6O7S.C4H10.Ca/c9-7(10)4-1-5(8(11)12)3-6(2-4)16(13,14)15;1-3-4-2;/h1-3H,(H,9,10)(H,11,12)(H,13,14,15);3-4H2,1-2H3;/q;;+2/p-2. The van der Waals surface area contributed by atoms with E-state index in [0.717, 1.165) is 0 Å². The van der Waals surface area contributed by atoms with Crippen molar-refractivity contribution < 1.29 is 32.8 Å². The summed E-state index contributed by atoms with van der Waals surface area (Å²) in [5.74, 6) is -3.54. The number of aromatic carboxylic acids is 2. The Balaban J connectivity index is 0. The van der Waals surface area contributed by atoms with Gasteiger partial charge in [-0.1, -0.05) is 26.7 Å². The molecule has 21 heavy (non-hydrogen) atoms. The van der Waals surface area contributed by atoms with Gasteiger partial charge >= 0.3 is 37.7 Å². The van der Waals surface area contributed by atoms with Crippen LogP contribution in [0.1, 0.15) is 47.4 Å². The Morgan fingerprint density at radius 1 is 1.00 bits per heavy atom. The molecule has 1 aromatic rings. The van der Waals surface area contributed by atoms with Crippen LogP contribution in [0.25, 0.3) is 0 Å². The Morgan fingerprint density at radius 2 is 1.33 bits per heavy atom. The van der Waals surface area contributed by atoms with Crippen molar-refractivity contribution >= 4 is 59.8 Å². The van der Waals surface area contributed by atoms with Crippen molar-refractivity contribution in [1.82, 2.24) is 0 Å². The summed E-state index contributed by atoms with van der Waals surface area (Å²) in [7, 11) is -4.70. The van der Waals surface area contributed by atoms with Crippen LogP contribution in [-0.2, 0) is 10.1 Å². The van der Waals surface area contributed by atoms with Crippen molar-refractivity contribution in [3.05, 3.63) is 29.3 Å². The van der Waals surface area contributed by atoms with Crippen molar-refractivity contribution in [3.63, 3.8) is 0 Å². The van der Waals surface area contributed by atoms with Gasteiger partial charge in [0.25, 0.3) is 10.1 Å². The van der Waals surface area contributed by atoms with E-state index in [4.69, 9.17) is 4.55 Å². The van der Waals surface area contributed by atoms with E-state index >= 15 is 0 Å². The summed E-state index contributed by atoms with van der Waals surface area (Å²) in [6.45, 7) is 4.36. The fourth-order valence-electron chi connectivity index (χ4n) is 0.984. The maximum Gasteiger partial charge on any atom is 2.00 e. The first-order valence-corrected chi connectivity index (χ1v) is 7.12. The molecule has 1 aromatic carbocycles. The first-order valence-electron chi connectivity index (χ1n) is 5.68. The number of rotatable bonds is 4. The molecular formula is C12H14CaO7S. The molecule has 0 bridgehead atoms. The van der Waals surface area contributed by atoms with E-state index in [1.165, 1.54) is 12.8 Å². The summed E-state index contributed by atoms with van der Waals surface area (Å²) in [6, 6.07) is 1.83. The Hall–Kier alpha value is -0.670. The predicted octanol–water partition coefficient (Wildman–Crippen LogP) is -0.914.